The molecule has 2 heterocycles. The first-order valence-corrected chi connectivity index (χ1v) is 12.7. The third-order valence-corrected chi connectivity index (χ3v) is 7.11. The van der Waals surface area contributed by atoms with Gasteiger partial charge >= 0.3 is 0 Å². The lowest BCUT2D eigenvalue weighted by atomic mass is 10.1. The number of methoxy groups -OCH3 is 3. The summed E-state index contributed by atoms with van der Waals surface area (Å²) < 4.78 is 46.2. The van der Waals surface area contributed by atoms with E-state index in [0.29, 0.717) is 44.8 Å². The van der Waals surface area contributed by atoms with Gasteiger partial charge in [0.25, 0.3) is 5.91 Å². The van der Waals surface area contributed by atoms with Gasteiger partial charge in [-0.3, -0.25) is 10.1 Å². The highest BCUT2D eigenvalue weighted by molar-refractivity contribution is 7.90. The molecule has 0 atom stereocenters. The van der Waals surface area contributed by atoms with Crippen molar-refractivity contribution in [2.45, 2.75) is 11.3 Å². The van der Waals surface area contributed by atoms with Crippen LogP contribution in [0.2, 0.25) is 0 Å². The second-order valence-electron chi connectivity index (χ2n) is 7.33. The third-order valence-electron chi connectivity index (χ3n) is 5.06. The maximum absolute atomic E-state index is 12.7. The fourth-order valence-corrected chi connectivity index (χ4v) is 4.99. The summed E-state index contributed by atoms with van der Waals surface area (Å²) in [6.07, 6.45) is 1.47. The summed E-state index contributed by atoms with van der Waals surface area (Å²) >= 11 is 1.18. The van der Waals surface area contributed by atoms with Crippen molar-refractivity contribution in [3.05, 3.63) is 59.5 Å². The number of hydrogen-bond donors (Lipinski definition) is 1. The number of nitrogens with zero attached hydrogens (tertiary/aromatic N) is 1. The molecule has 4 aromatic rings. The van der Waals surface area contributed by atoms with Crippen LogP contribution in [-0.2, 0) is 16.3 Å². The Morgan fingerprint density at radius 2 is 1.74 bits per heavy atom. The molecule has 34 heavy (non-hydrogen) atoms. The highest BCUT2D eigenvalue weighted by Crippen LogP contribution is 2.36. The smallest absolute Gasteiger partial charge is 0.293 e. The van der Waals surface area contributed by atoms with E-state index < -0.39 is 15.7 Å². The van der Waals surface area contributed by atoms with Gasteiger partial charge in [-0.05, 0) is 30.3 Å². The van der Waals surface area contributed by atoms with Crippen LogP contribution in [0, 0.1) is 0 Å². The zero-order valence-electron chi connectivity index (χ0n) is 18.9. The Balaban J connectivity index is 1.53. The van der Waals surface area contributed by atoms with Crippen molar-refractivity contribution in [1.82, 2.24) is 4.98 Å². The zero-order chi connectivity index (χ0) is 24.5. The molecule has 0 saturated carbocycles. The molecule has 1 amide bonds. The monoisotopic (exact) mass is 502 g/mol. The molecule has 0 unspecified atom stereocenters. The summed E-state index contributed by atoms with van der Waals surface area (Å²) in [5.74, 6) is 1.91. The Hall–Kier alpha value is -3.57. The number of benzene rings is 2. The molecule has 0 radical (unpaired) electrons. The SMILES string of the molecule is COc1cc(OC)c(Cc2ccc(C(=O)Nc3nc4ccc(S(C)(=O)=O)cc4s3)o2)c(OC)c1. The molecule has 1 N–H and O–H groups in total. The van der Waals surface area contributed by atoms with Crippen LogP contribution in [0.4, 0.5) is 5.13 Å². The van der Waals surface area contributed by atoms with Gasteiger partial charge in [0.2, 0.25) is 0 Å². The average molecular weight is 503 g/mol. The maximum atomic E-state index is 12.7. The molecule has 0 saturated heterocycles. The van der Waals surface area contributed by atoms with Crippen molar-refractivity contribution >= 4 is 42.4 Å². The third kappa shape index (κ3) is 4.85. The van der Waals surface area contributed by atoms with E-state index in [-0.39, 0.29) is 10.7 Å². The van der Waals surface area contributed by atoms with E-state index in [2.05, 4.69) is 10.3 Å². The molecule has 9 nitrogen and oxygen atoms in total. The molecular formula is C23H22N2O7S2. The van der Waals surface area contributed by atoms with Crippen molar-refractivity contribution < 1.29 is 31.8 Å². The molecule has 0 fully saturated rings. The molecule has 11 heteroatoms. The number of amides is 1. The average Bonchev–Trinajstić information content (AvgIpc) is 3.44. The predicted octanol–water partition coefficient (Wildman–Crippen LogP) is 4.16. The van der Waals surface area contributed by atoms with E-state index in [9.17, 15) is 13.2 Å². The number of carbonyl (C=O) groups is 1. The van der Waals surface area contributed by atoms with Crippen LogP contribution < -0.4 is 19.5 Å². The van der Waals surface area contributed by atoms with Gasteiger partial charge in [0.1, 0.15) is 23.0 Å². The van der Waals surface area contributed by atoms with Gasteiger partial charge in [-0.1, -0.05) is 11.3 Å². The number of fused-ring (bicyclic) bond motifs is 1. The van der Waals surface area contributed by atoms with Crippen molar-refractivity contribution in [2.75, 3.05) is 32.9 Å². The van der Waals surface area contributed by atoms with Gasteiger partial charge in [0, 0.05) is 30.4 Å². The number of anilines is 1. The molecule has 2 aromatic heterocycles. The second-order valence-corrected chi connectivity index (χ2v) is 10.4. The number of rotatable bonds is 8. The van der Waals surface area contributed by atoms with Gasteiger partial charge in [-0.25, -0.2) is 13.4 Å². The molecule has 0 aliphatic heterocycles. The summed E-state index contributed by atoms with van der Waals surface area (Å²) in [4.78, 5) is 17.3. The largest absolute Gasteiger partial charge is 0.496 e. The van der Waals surface area contributed by atoms with Gasteiger partial charge in [-0.2, -0.15) is 0 Å². The Labute approximate surface area is 200 Å². The Kier molecular flexibility index (Phi) is 6.49. The minimum Gasteiger partial charge on any atom is -0.496 e. The minimum atomic E-state index is -3.34. The van der Waals surface area contributed by atoms with Crippen molar-refractivity contribution in [3.63, 3.8) is 0 Å². The maximum Gasteiger partial charge on any atom is 0.293 e. The number of nitrogens with one attached hydrogen (secondary N) is 1. The van der Waals surface area contributed by atoms with Gasteiger partial charge < -0.3 is 18.6 Å². The van der Waals surface area contributed by atoms with Gasteiger partial charge in [0.15, 0.2) is 20.7 Å². The van der Waals surface area contributed by atoms with E-state index in [1.807, 2.05) is 0 Å². The zero-order valence-corrected chi connectivity index (χ0v) is 20.5. The lowest BCUT2D eigenvalue weighted by Gasteiger charge is -2.14. The highest BCUT2D eigenvalue weighted by Gasteiger charge is 2.19. The molecule has 0 aliphatic carbocycles. The van der Waals surface area contributed by atoms with Crippen molar-refractivity contribution in [3.8, 4) is 17.2 Å². The van der Waals surface area contributed by atoms with E-state index in [4.69, 9.17) is 18.6 Å². The lowest BCUT2D eigenvalue weighted by Crippen LogP contribution is -2.10. The molecule has 2 aromatic carbocycles. The molecule has 4 rings (SSSR count). The Bertz CT molecular complexity index is 1450. The highest BCUT2D eigenvalue weighted by atomic mass is 32.2. The first-order valence-electron chi connectivity index (χ1n) is 10.0. The van der Waals surface area contributed by atoms with Crippen molar-refractivity contribution in [1.29, 1.82) is 0 Å². The summed E-state index contributed by atoms with van der Waals surface area (Å²) in [6, 6.07) is 11.4. The Morgan fingerprint density at radius 3 is 2.35 bits per heavy atom. The van der Waals surface area contributed by atoms with E-state index in [1.165, 1.54) is 17.4 Å². The number of sulfone groups is 1. The fourth-order valence-electron chi connectivity index (χ4n) is 3.37. The van der Waals surface area contributed by atoms with Gasteiger partial charge in [0.05, 0.1) is 36.4 Å². The van der Waals surface area contributed by atoms with E-state index in [1.54, 1.807) is 57.7 Å². The topological polar surface area (TPSA) is 117 Å². The van der Waals surface area contributed by atoms with Crippen LogP contribution in [0.5, 0.6) is 17.2 Å². The van der Waals surface area contributed by atoms with Crippen LogP contribution in [-0.4, -0.2) is 46.9 Å². The van der Waals surface area contributed by atoms with Gasteiger partial charge in [-0.15, -0.1) is 0 Å². The first-order chi connectivity index (χ1) is 16.2. The van der Waals surface area contributed by atoms with E-state index >= 15 is 0 Å². The lowest BCUT2D eigenvalue weighted by molar-refractivity contribution is 0.0995. The Morgan fingerprint density at radius 1 is 1.03 bits per heavy atom. The molecule has 0 bridgehead atoms. The minimum absolute atomic E-state index is 0.109. The molecule has 0 spiro atoms. The normalized spacial score (nSPS) is 11.4. The van der Waals surface area contributed by atoms with Crippen molar-refractivity contribution in [2.24, 2.45) is 0 Å². The number of ether oxygens (including phenoxy) is 3. The quantitative estimate of drug-likeness (QED) is 0.382. The summed E-state index contributed by atoms with van der Waals surface area (Å²) in [5, 5.41) is 3.04. The number of hydrogen-bond acceptors (Lipinski definition) is 9. The fraction of sp³-hybridized carbons (Fsp3) is 0.217. The van der Waals surface area contributed by atoms with Crippen LogP contribution in [0.15, 0.2) is 51.8 Å². The molecule has 178 valence electrons. The molecule has 0 aliphatic rings. The molecular weight excluding hydrogens is 480 g/mol. The van der Waals surface area contributed by atoms with Crippen LogP contribution in [0.25, 0.3) is 10.2 Å². The number of aromatic nitrogens is 1. The van der Waals surface area contributed by atoms with E-state index in [0.717, 1.165) is 11.8 Å². The number of furan rings is 1. The van der Waals surface area contributed by atoms with Crippen LogP contribution >= 0.6 is 11.3 Å². The first kappa shape index (κ1) is 23.6. The van der Waals surface area contributed by atoms with Crippen LogP contribution in [0.1, 0.15) is 21.9 Å². The number of thiazole rings is 1. The number of carbonyl (C=O) groups excluding carboxylic acids is 1. The standard InChI is InChI=1S/C23H22N2O7S2/c1-29-14-10-19(30-2)16(20(11-14)31-3)9-13-5-8-18(32-13)22(26)25-23-24-17-7-6-15(34(4,27)28)12-21(17)33-23/h5-8,10-12H,9H2,1-4H3,(H,24,25,26). The predicted molar refractivity (Wildman–Crippen MR) is 128 cm³/mol. The summed E-state index contributed by atoms with van der Waals surface area (Å²) in [7, 11) is 1.32. The second kappa shape index (κ2) is 9.35. The van der Waals surface area contributed by atoms with Crippen LogP contribution in [0.3, 0.4) is 0 Å². The summed E-state index contributed by atoms with van der Waals surface area (Å²) in [5.41, 5.74) is 1.34. The summed E-state index contributed by atoms with van der Waals surface area (Å²) in [6.45, 7) is 0.